The van der Waals surface area contributed by atoms with E-state index >= 15 is 0 Å². The van der Waals surface area contributed by atoms with Crippen LogP contribution >= 0.6 is 39.1 Å². The van der Waals surface area contributed by atoms with E-state index in [1.54, 1.807) is 6.20 Å². The van der Waals surface area contributed by atoms with Gasteiger partial charge in [-0.1, -0.05) is 11.6 Å². The SMILES string of the molecule is CC(Cl)CC(C)Nc1ncc(Cl)cc1Br. The summed E-state index contributed by atoms with van der Waals surface area (Å²) in [6, 6.07) is 2.09. The molecule has 5 heteroatoms. The minimum Gasteiger partial charge on any atom is -0.367 e. The number of nitrogens with zero attached hydrogens (tertiary/aromatic N) is 1. The molecule has 2 unspecified atom stereocenters. The summed E-state index contributed by atoms with van der Waals surface area (Å²) < 4.78 is 0.865. The molecule has 0 saturated heterocycles. The molecule has 0 spiro atoms. The highest BCUT2D eigenvalue weighted by atomic mass is 79.9. The van der Waals surface area contributed by atoms with Gasteiger partial charge in [0.15, 0.2) is 0 Å². The average molecular weight is 312 g/mol. The molecule has 84 valence electrons. The Morgan fingerprint density at radius 1 is 1.53 bits per heavy atom. The Labute approximate surface area is 108 Å². The second-order valence-corrected chi connectivity index (χ2v) is 5.58. The van der Waals surface area contributed by atoms with E-state index < -0.39 is 0 Å². The van der Waals surface area contributed by atoms with Gasteiger partial charge >= 0.3 is 0 Å². The Morgan fingerprint density at radius 2 is 2.20 bits per heavy atom. The predicted molar refractivity (Wildman–Crippen MR) is 70.0 cm³/mol. The van der Waals surface area contributed by atoms with Gasteiger partial charge in [0.25, 0.3) is 0 Å². The first-order chi connectivity index (χ1) is 6.99. The van der Waals surface area contributed by atoms with E-state index in [2.05, 4.69) is 33.2 Å². The molecule has 2 atom stereocenters. The third-order valence-corrected chi connectivity index (χ3v) is 2.86. The molecule has 0 aliphatic heterocycles. The van der Waals surface area contributed by atoms with Crippen molar-refractivity contribution in [3.05, 3.63) is 21.8 Å². The van der Waals surface area contributed by atoms with E-state index in [1.807, 2.05) is 13.0 Å². The summed E-state index contributed by atoms with van der Waals surface area (Å²) in [5, 5.41) is 4.04. The topological polar surface area (TPSA) is 24.9 Å². The van der Waals surface area contributed by atoms with Crippen molar-refractivity contribution in [3.63, 3.8) is 0 Å². The molecule has 15 heavy (non-hydrogen) atoms. The van der Waals surface area contributed by atoms with Crippen molar-refractivity contribution in [3.8, 4) is 0 Å². The maximum atomic E-state index is 5.91. The monoisotopic (exact) mass is 310 g/mol. The van der Waals surface area contributed by atoms with Crippen LogP contribution in [0, 0.1) is 0 Å². The smallest absolute Gasteiger partial charge is 0.140 e. The minimum absolute atomic E-state index is 0.151. The quantitative estimate of drug-likeness (QED) is 0.838. The lowest BCUT2D eigenvalue weighted by Gasteiger charge is -2.16. The lowest BCUT2D eigenvalue weighted by atomic mass is 10.2. The molecule has 0 amide bonds. The number of rotatable bonds is 4. The summed E-state index contributed by atoms with van der Waals surface area (Å²) in [5.41, 5.74) is 0. The number of hydrogen-bond acceptors (Lipinski definition) is 2. The van der Waals surface area contributed by atoms with E-state index in [1.165, 1.54) is 0 Å². The first kappa shape index (κ1) is 13.1. The van der Waals surface area contributed by atoms with Gasteiger partial charge in [-0.25, -0.2) is 4.98 Å². The fourth-order valence-electron chi connectivity index (χ4n) is 1.30. The van der Waals surface area contributed by atoms with Crippen LogP contribution in [0.25, 0.3) is 0 Å². The Hall–Kier alpha value is 0.01000. The molecule has 0 radical (unpaired) electrons. The van der Waals surface area contributed by atoms with Crippen LogP contribution in [0.4, 0.5) is 5.82 Å². The molecule has 0 fully saturated rings. The van der Waals surface area contributed by atoms with E-state index in [9.17, 15) is 0 Å². The van der Waals surface area contributed by atoms with Crippen LogP contribution in [0.5, 0.6) is 0 Å². The van der Waals surface area contributed by atoms with Crippen LogP contribution in [0.1, 0.15) is 20.3 Å². The lowest BCUT2D eigenvalue weighted by molar-refractivity contribution is 0.693. The first-order valence-corrected chi connectivity index (χ1v) is 6.31. The van der Waals surface area contributed by atoms with Crippen molar-refractivity contribution >= 4 is 44.9 Å². The molecule has 1 rings (SSSR count). The highest BCUT2D eigenvalue weighted by Gasteiger charge is 2.09. The van der Waals surface area contributed by atoms with Crippen LogP contribution in [0.2, 0.25) is 5.02 Å². The zero-order chi connectivity index (χ0) is 11.4. The number of halogens is 3. The first-order valence-electron chi connectivity index (χ1n) is 4.70. The predicted octanol–water partition coefficient (Wildman–Crippen LogP) is 4.32. The second kappa shape index (κ2) is 5.92. The Bertz CT molecular complexity index is 331. The number of hydrogen-bond donors (Lipinski definition) is 1. The number of anilines is 1. The molecular weight excluding hydrogens is 299 g/mol. The van der Waals surface area contributed by atoms with Crippen LogP contribution < -0.4 is 5.32 Å². The second-order valence-electron chi connectivity index (χ2n) is 3.55. The highest BCUT2D eigenvalue weighted by Crippen LogP contribution is 2.24. The summed E-state index contributed by atoms with van der Waals surface area (Å²) in [5.74, 6) is 0.796. The fourth-order valence-corrected chi connectivity index (χ4v) is 2.32. The highest BCUT2D eigenvalue weighted by molar-refractivity contribution is 9.10. The van der Waals surface area contributed by atoms with Crippen molar-refractivity contribution in [2.75, 3.05) is 5.32 Å². The van der Waals surface area contributed by atoms with Crippen LogP contribution in [0.15, 0.2) is 16.7 Å². The van der Waals surface area contributed by atoms with E-state index in [0.717, 1.165) is 16.7 Å². The van der Waals surface area contributed by atoms with Crippen LogP contribution in [-0.2, 0) is 0 Å². The molecule has 1 N–H and O–H groups in total. The molecule has 1 heterocycles. The number of pyridine rings is 1. The van der Waals surface area contributed by atoms with Gasteiger partial charge in [0.1, 0.15) is 5.82 Å². The van der Waals surface area contributed by atoms with Gasteiger partial charge in [-0.2, -0.15) is 0 Å². The van der Waals surface area contributed by atoms with Crippen LogP contribution in [0.3, 0.4) is 0 Å². The fraction of sp³-hybridized carbons (Fsp3) is 0.500. The standard InChI is InChI=1S/C10H13BrCl2N2/c1-6(12)3-7(2)15-10-9(11)4-8(13)5-14-10/h4-7H,3H2,1-2H3,(H,14,15). The number of nitrogens with one attached hydrogen (secondary N) is 1. The number of aromatic nitrogens is 1. The summed E-state index contributed by atoms with van der Waals surface area (Å²) in [6.45, 7) is 4.05. The van der Waals surface area contributed by atoms with Crippen molar-refractivity contribution < 1.29 is 0 Å². The summed E-state index contributed by atoms with van der Waals surface area (Å²) in [7, 11) is 0. The van der Waals surface area contributed by atoms with Gasteiger partial charge in [0.2, 0.25) is 0 Å². The maximum Gasteiger partial charge on any atom is 0.140 e. The van der Waals surface area contributed by atoms with Gasteiger partial charge in [-0.05, 0) is 42.3 Å². The third kappa shape index (κ3) is 4.58. The Balaban J connectivity index is 2.64. The molecule has 2 nitrogen and oxygen atoms in total. The molecule has 0 aromatic carbocycles. The van der Waals surface area contributed by atoms with Gasteiger partial charge in [-0.3, -0.25) is 0 Å². The molecular formula is C10H13BrCl2N2. The van der Waals surface area contributed by atoms with E-state index in [-0.39, 0.29) is 11.4 Å². The van der Waals surface area contributed by atoms with Gasteiger partial charge < -0.3 is 5.32 Å². The molecule has 1 aromatic heterocycles. The molecule has 1 aromatic rings. The van der Waals surface area contributed by atoms with Crippen molar-refractivity contribution in [1.29, 1.82) is 0 Å². The molecule has 0 saturated carbocycles. The maximum absolute atomic E-state index is 5.91. The van der Waals surface area contributed by atoms with Gasteiger partial charge in [0, 0.05) is 17.6 Å². The normalized spacial score (nSPS) is 14.7. The lowest BCUT2D eigenvalue weighted by Crippen LogP contribution is -2.19. The Kier molecular flexibility index (Phi) is 5.16. The summed E-state index contributed by atoms with van der Waals surface area (Å²) >= 11 is 15.1. The third-order valence-electron chi connectivity index (χ3n) is 1.87. The van der Waals surface area contributed by atoms with Crippen molar-refractivity contribution in [2.45, 2.75) is 31.7 Å². The minimum atomic E-state index is 0.151. The van der Waals surface area contributed by atoms with Crippen molar-refractivity contribution in [2.24, 2.45) is 0 Å². The molecule has 0 aliphatic rings. The van der Waals surface area contributed by atoms with Crippen molar-refractivity contribution in [1.82, 2.24) is 4.98 Å². The van der Waals surface area contributed by atoms with E-state index in [0.29, 0.717) is 5.02 Å². The number of alkyl halides is 1. The van der Waals surface area contributed by atoms with Gasteiger partial charge in [-0.15, -0.1) is 11.6 Å². The molecule has 0 aliphatic carbocycles. The average Bonchev–Trinajstić information content (AvgIpc) is 2.08. The zero-order valence-electron chi connectivity index (χ0n) is 8.60. The van der Waals surface area contributed by atoms with Gasteiger partial charge in [0.05, 0.1) is 9.50 Å². The summed E-state index contributed by atoms with van der Waals surface area (Å²) in [4.78, 5) is 4.19. The largest absolute Gasteiger partial charge is 0.367 e. The molecule has 0 bridgehead atoms. The Morgan fingerprint density at radius 3 is 2.73 bits per heavy atom. The van der Waals surface area contributed by atoms with Crippen LogP contribution in [-0.4, -0.2) is 16.4 Å². The summed E-state index contributed by atoms with van der Waals surface area (Å²) in [6.07, 6.45) is 2.50. The zero-order valence-corrected chi connectivity index (χ0v) is 11.7. The van der Waals surface area contributed by atoms with E-state index in [4.69, 9.17) is 23.2 Å².